The molecule has 2 aromatic carbocycles. The van der Waals surface area contributed by atoms with Crippen molar-refractivity contribution in [3.8, 4) is 0 Å². The van der Waals surface area contributed by atoms with E-state index in [0.717, 1.165) is 29.7 Å². The largest absolute Gasteiger partial charge is 0.461 e. The predicted molar refractivity (Wildman–Crippen MR) is 120 cm³/mol. The Labute approximate surface area is 179 Å². The van der Waals surface area contributed by atoms with E-state index in [-0.39, 0.29) is 18.6 Å². The van der Waals surface area contributed by atoms with E-state index in [4.69, 9.17) is 9.72 Å². The number of hydrogen-bond donors (Lipinski definition) is 0. The summed E-state index contributed by atoms with van der Waals surface area (Å²) in [5, 5.41) is 0. The van der Waals surface area contributed by atoms with E-state index in [1.807, 2.05) is 47.0 Å². The molecule has 1 aliphatic carbocycles. The fourth-order valence-corrected chi connectivity index (χ4v) is 4.80. The number of carbonyl (C=O) groups excluding carboxylic acids is 1. The Morgan fingerprint density at radius 3 is 2.60 bits per heavy atom. The maximum atomic E-state index is 13.0. The molecular formula is C26H32N2O2. The van der Waals surface area contributed by atoms with Crippen molar-refractivity contribution in [2.75, 3.05) is 0 Å². The Balaban J connectivity index is 1.56. The van der Waals surface area contributed by atoms with E-state index in [9.17, 15) is 4.79 Å². The lowest BCUT2D eigenvalue weighted by Gasteiger charge is -2.36. The third kappa shape index (κ3) is 4.58. The number of imidazole rings is 1. The molecule has 0 bridgehead atoms. The van der Waals surface area contributed by atoms with Crippen molar-refractivity contribution in [2.45, 2.75) is 59.1 Å². The third-order valence-corrected chi connectivity index (χ3v) is 6.47. The standard InChI is InChI=1S/C26H32N2O2/c1-18(2)21-14-13-19(3)15-24(21)30-26(29)17-28-23-12-8-7-11-22(23)27-25(28)16-20-9-5-4-6-10-20/h4-12,18-19,21,24H,13-17H2,1-3H3. The number of rotatable bonds is 6. The van der Waals surface area contributed by atoms with Crippen LogP contribution in [0, 0.1) is 17.8 Å². The minimum Gasteiger partial charge on any atom is -0.461 e. The van der Waals surface area contributed by atoms with E-state index >= 15 is 0 Å². The molecule has 0 spiro atoms. The SMILES string of the molecule is CC1CCC(C(C)C)C(OC(=O)Cn2c(Cc3ccccc3)nc3ccccc32)C1. The van der Waals surface area contributed by atoms with Crippen molar-refractivity contribution in [3.05, 3.63) is 66.0 Å². The van der Waals surface area contributed by atoms with Gasteiger partial charge in [-0.25, -0.2) is 4.98 Å². The number of hydrogen-bond acceptors (Lipinski definition) is 3. The molecule has 0 amide bonds. The first-order chi connectivity index (χ1) is 14.5. The Hall–Kier alpha value is -2.62. The van der Waals surface area contributed by atoms with Gasteiger partial charge in [-0.3, -0.25) is 4.79 Å². The van der Waals surface area contributed by atoms with Crippen molar-refractivity contribution >= 4 is 17.0 Å². The summed E-state index contributed by atoms with van der Waals surface area (Å²) in [5.74, 6) is 2.33. The average Bonchev–Trinajstić information content (AvgIpc) is 3.05. The number of aromatic nitrogens is 2. The van der Waals surface area contributed by atoms with Crippen LogP contribution in [-0.2, 0) is 22.5 Å². The summed E-state index contributed by atoms with van der Waals surface area (Å²) in [6.07, 6.45) is 4.05. The molecule has 4 heteroatoms. The van der Waals surface area contributed by atoms with Gasteiger partial charge >= 0.3 is 5.97 Å². The second kappa shape index (κ2) is 9.03. The first-order valence-electron chi connectivity index (χ1n) is 11.2. The molecule has 1 saturated carbocycles. The summed E-state index contributed by atoms with van der Waals surface area (Å²) in [6.45, 7) is 6.95. The van der Waals surface area contributed by atoms with Gasteiger partial charge in [-0.05, 0) is 48.3 Å². The fraction of sp³-hybridized carbons (Fsp3) is 0.462. The van der Waals surface area contributed by atoms with Crippen LogP contribution >= 0.6 is 0 Å². The lowest BCUT2D eigenvalue weighted by Crippen LogP contribution is -2.36. The van der Waals surface area contributed by atoms with Crippen molar-refractivity contribution in [1.29, 1.82) is 0 Å². The van der Waals surface area contributed by atoms with E-state index in [1.54, 1.807) is 0 Å². The van der Waals surface area contributed by atoms with Gasteiger partial charge in [0.2, 0.25) is 0 Å². The number of benzene rings is 2. The van der Waals surface area contributed by atoms with Crippen molar-refractivity contribution in [3.63, 3.8) is 0 Å². The summed E-state index contributed by atoms with van der Waals surface area (Å²) in [5.41, 5.74) is 3.09. The molecule has 3 atom stereocenters. The maximum Gasteiger partial charge on any atom is 0.326 e. The summed E-state index contributed by atoms with van der Waals surface area (Å²) in [7, 11) is 0. The van der Waals surface area contributed by atoms with Crippen molar-refractivity contribution in [1.82, 2.24) is 9.55 Å². The van der Waals surface area contributed by atoms with Gasteiger partial charge in [0.1, 0.15) is 18.5 Å². The molecule has 158 valence electrons. The zero-order valence-electron chi connectivity index (χ0n) is 18.3. The molecule has 4 rings (SSSR count). The number of fused-ring (bicyclic) bond motifs is 1. The summed E-state index contributed by atoms with van der Waals surface area (Å²) in [6, 6.07) is 18.3. The van der Waals surface area contributed by atoms with Crippen LogP contribution in [0.15, 0.2) is 54.6 Å². The highest BCUT2D eigenvalue weighted by atomic mass is 16.5. The van der Waals surface area contributed by atoms with Gasteiger partial charge in [0.15, 0.2) is 0 Å². The van der Waals surface area contributed by atoms with E-state index in [0.29, 0.717) is 24.2 Å². The first kappa shape index (κ1) is 20.6. The average molecular weight is 405 g/mol. The van der Waals surface area contributed by atoms with Gasteiger partial charge in [0.05, 0.1) is 11.0 Å². The predicted octanol–water partition coefficient (Wildman–Crippen LogP) is 5.63. The number of nitrogens with zero attached hydrogens (tertiary/aromatic N) is 2. The number of para-hydroxylation sites is 2. The molecule has 1 aliphatic rings. The van der Waals surface area contributed by atoms with E-state index in [1.165, 1.54) is 12.0 Å². The van der Waals surface area contributed by atoms with Gasteiger partial charge in [-0.15, -0.1) is 0 Å². The Kier molecular flexibility index (Phi) is 6.21. The van der Waals surface area contributed by atoms with Crippen LogP contribution in [0.4, 0.5) is 0 Å². The lowest BCUT2D eigenvalue weighted by molar-refractivity contribution is -0.156. The van der Waals surface area contributed by atoms with E-state index in [2.05, 4.69) is 32.9 Å². The molecule has 4 nitrogen and oxygen atoms in total. The lowest BCUT2D eigenvalue weighted by atomic mass is 9.75. The molecule has 1 heterocycles. The zero-order valence-corrected chi connectivity index (χ0v) is 18.3. The van der Waals surface area contributed by atoms with Gasteiger partial charge in [-0.1, -0.05) is 69.7 Å². The molecule has 30 heavy (non-hydrogen) atoms. The van der Waals surface area contributed by atoms with Gasteiger partial charge < -0.3 is 9.30 Å². The molecule has 0 aliphatic heterocycles. The van der Waals surface area contributed by atoms with Gasteiger partial charge in [-0.2, -0.15) is 0 Å². The summed E-state index contributed by atoms with van der Waals surface area (Å²) >= 11 is 0. The highest BCUT2D eigenvalue weighted by Gasteiger charge is 2.33. The smallest absolute Gasteiger partial charge is 0.326 e. The van der Waals surface area contributed by atoms with Crippen molar-refractivity contribution in [2.24, 2.45) is 17.8 Å². The van der Waals surface area contributed by atoms with Gasteiger partial charge in [0, 0.05) is 6.42 Å². The van der Waals surface area contributed by atoms with Gasteiger partial charge in [0.25, 0.3) is 0 Å². The molecule has 3 unspecified atom stereocenters. The topological polar surface area (TPSA) is 44.1 Å². The zero-order chi connectivity index (χ0) is 21.1. The second-order valence-electron chi connectivity index (χ2n) is 9.12. The summed E-state index contributed by atoms with van der Waals surface area (Å²) in [4.78, 5) is 17.8. The first-order valence-corrected chi connectivity index (χ1v) is 11.2. The van der Waals surface area contributed by atoms with Crippen LogP contribution in [-0.4, -0.2) is 21.6 Å². The summed E-state index contributed by atoms with van der Waals surface area (Å²) < 4.78 is 8.10. The monoisotopic (exact) mass is 404 g/mol. The van der Waals surface area contributed by atoms with Crippen LogP contribution in [0.25, 0.3) is 11.0 Å². The molecule has 0 radical (unpaired) electrons. The number of carbonyl (C=O) groups is 1. The third-order valence-electron chi connectivity index (χ3n) is 6.47. The Morgan fingerprint density at radius 1 is 1.10 bits per heavy atom. The molecule has 3 aromatic rings. The van der Waals surface area contributed by atoms with Crippen molar-refractivity contribution < 1.29 is 9.53 Å². The molecule has 1 fully saturated rings. The number of ether oxygens (including phenoxy) is 1. The highest BCUT2D eigenvalue weighted by molar-refractivity contribution is 5.79. The second-order valence-corrected chi connectivity index (χ2v) is 9.12. The molecule has 1 aromatic heterocycles. The van der Waals surface area contributed by atoms with E-state index < -0.39 is 0 Å². The minimum atomic E-state index is -0.155. The normalized spacial score (nSPS) is 21.8. The Bertz CT molecular complexity index is 993. The van der Waals surface area contributed by atoms with Crippen LogP contribution in [0.1, 0.15) is 51.4 Å². The Morgan fingerprint density at radius 2 is 1.83 bits per heavy atom. The van der Waals surface area contributed by atoms with Crippen LogP contribution in [0.3, 0.4) is 0 Å². The van der Waals surface area contributed by atoms with Crippen LogP contribution in [0.5, 0.6) is 0 Å². The minimum absolute atomic E-state index is 0.0219. The quantitative estimate of drug-likeness (QED) is 0.500. The highest BCUT2D eigenvalue weighted by Crippen LogP contribution is 2.35. The molecule has 0 N–H and O–H groups in total. The van der Waals surface area contributed by atoms with Crippen LogP contribution in [0.2, 0.25) is 0 Å². The fourth-order valence-electron chi connectivity index (χ4n) is 4.80. The molecular weight excluding hydrogens is 372 g/mol. The molecule has 0 saturated heterocycles. The number of esters is 1. The van der Waals surface area contributed by atoms with Crippen LogP contribution < -0.4 is 0 Å². The maximum absolute atomic E-state index is 13.0.